The van der Waals surface area contributed by atoms with Gasteiger partial charge in [-0.05, 0) is 52.9 Å². The Morgan fingerprint density at radius 1 is 0.773 bits per heavy atom. The van der Waals surface area contributed by atoms with Gasteiger partial charge in [0.15, 0.2) is 11.6 Å². The zero-order valence-electron chi connectivity index (χ0n) is 11.7. The van der Waals surface area contributed by atoms with E-state index in [0.29, 0.717) is 6.67 Å². The first-order valence-corrected chi connectivity index (χ1v) is 8.07. The van der Waals surface area contributed by atoms with E-state index in [4.69, 9.17) is 0 Å². The molecule has 4 rings (SSSR count). The van der Waals surface area contributed by atoms with E-state index in [1.165, 1.54) is 3.57 Å². The van der Waals surface area contributed by atoms with Crippen molar-refractivity contribution in [1.82, 2.24) is 9.97 Å². The maximum absolute atomic E-state index is 4.54. The molecular weight excluding hydrogens is 387 g/mol. The molecule has 0 spiro atoms. The van der Waals surface area contributed by atoms with Crippen LogP contribution in [0.5, 0.6) is 0 Å². The summed E-state index contributed by atoms with van der Waals surface area (Å²) in [5.74, 6) is 1.79. The normalized spacial score (nSPS) is 13.3. The van der Waals surface area contributed by atoms with Gasteiger partial charge < -0.3 is 9.80 Å². The first-order chi connectivity index (χ1) is 10.8. The van der Waals surface area contributed by atoms with Gasteiger partial charge >= 0.3 is 0 Å². The molecule has 0 amide bonds. The molecule has 108 valence electrons. The molecule has 0 bridgehead atoms. The van der Waals surface area contributed by atoms with Crippen LogP contribution in [0, 0.1) is 3.57 Å². The topological polar surface area (TPSA) is 32.3 Å². The average molecular weight is 400 g/mol. The summed E-state index contributed by atoms with van der Waals surface area (Å²) >= 11 is 2.33. The Hall–Kier alpha value is -2.15. The summed E-state index contributed by atoms with van der Waals surface area (Å²) < 4.78 is 1.21. The molecule has 0 atom stereocenters. The number of fused-ring (bicyclic) bond motifs is 1. The Kier molecular flexibility index (Phi) is 3.42. The molecule has 0 aliphatic carbocycles. The van der Waals surface area contributed by atoms with Gasteiger partial charge in [-0.1, -0.05) is 24.3 Å². The zero-order chi connectivity index (χ0) is 14.9. The minimum atomic E-state index is 0.712. The highest BCUT2D eigenvalue weighted by Gasteiger charge is 2.30. The third-order valence-corrected chi connectivity index (χ3v) is 4.31. The predicted molar refractivity (Wildman–Crippen MR) is 96.8 cm³/mol. The summed E-state index contributed by atoms with van der Waals surface area (Å²) in [6.07, 6.45) is 3.49. The van der Waals surface area contributed by atoms with E-state index in [2.05, 4.69) is 78.8 Å². The van der Waals surface area contributed by atoms with E-state index < -0.39 is 0 Å². The van der Waals surface area contributed by atoms with Crippen molar-refractivity contribution in [3.8, 4) is 0 Å². The molecule has 3 aromatic rings. The van der Waals surface area contributed by atoms with Gasteiger partial charge in [0.05, 0.1) is 0 Å². The van der Waals surface area contributed by atoms with Gasteiger partial charge in [0, 0.05) is 27.3 Å². The summed E-state index contributed by atoms with van der Waals surface area (Å²) in [6.45, 7) is 0.712. The molecular formula is C17H13IN4. The van der Waals surface area contributed by atoms with E-state index in [-0.39, 0.29) is 0 Å². The molecule has 1 aromatic heterocycles. The van der Waals surface area contributed by atoms with Crippen LogP contribution >= 0.6 is 22.6 Å². The smallest absolute Gasteiger partial charge is 0.178 e. The molecule has 0 unspecified atom stereocenters. The second kappa shape index (κ2) is 5.57. The monoisotopic (exact) mass is 400 g/mol. The summed E-state index contributed by atoms with van der Waals surface area (Å²) in [7, 11) is 0. The first kappa shape index (κ1) is 13.5. The van der Waals surface area contributed by atoms with Crippen molar-refractivity contribution >= 4 is 45.6 Å². The largest absolute Gasteiger partial charge is 0.305 e. The maximum atomic E-state index is 4.54. The molecule has 5 heteroatoms. The molecule has 0 saturated heterocycles. The number of anilines is 4. The van der Waals surface area contributed by atoms with Crippen LogP contribution < -0.4 is 9.80 Å². The highest BCUT2D eigenvalue weighted by molar-refractivity contribution is 14.1. The van der Waals surface area contributed by atoms with E-state index >= 15 is 0 Å². The Morgan fingerprint density at radius 3 is 2.09 bits per heavy atom. The Labute approximate surface area is 142 Å². The van der Waals surface area contributed by atoms with E-state index in [9.17, 15) is 0 Å². The molecule has 22 heavy (non-hydrogen) atoms. The number of aromatic nitrogens is 2. The molecule has 1 aliphatic heterocycles. The molecule has 0 fully saturated rings. The van der Waals surface area contributed by atoms with Crippen molar-refractivity contribution < 1.29 is 0 Å². The van der Waals surface area contributed by atoms with Crippen LogP contribution in [0.15, 0.2) is 67.0 Å². The second-order valence-corrected chi connectivity index (χ2v) is 6.26. The van der Waals surface area contributed by atoms with E-state index in [0.717, 1.165) is 23.0 Å². The van der Waals surface area contributed by atoms with Gasteiger partial charge in [-0.25, -0.2) is 9.97 Å². The van der Waals surface area contributed by atoms with Gasteiger partial charge in [-0.15, -0.1) is 0 Å². The average Bonchev–Trinajstić information content (AvgIpc) is 2.95. The minimum absolute atomic E-state index is 0.712. The van der Waals surface area contributed by atoms with Crippen molar-refractivity contribution in [3.05, 3.63) is 70.6 Å². The van der Waals surface area contributed by atoms with Crippen molar-refractivity contribution in [2.24, 2.45) is 0 Å². The zero-order valence-corrected chi connectivity index (χ0v) is 13.9. The molecule has 2 aromatic carbocycles. The molecule has 0 N–H and O–H groups in total. The van der Waals surface area contributed by atoms with Gasteiger partial charge in [0.25, 0.3) is 0 Å². The molecule has 0 saturated carbocycles. The lowest BCUT2D eigenvalue weighted by Crippen LogP contribution is -2.24. The lowest BCUT2D eigenvalue weighted by Gasteiger charge is -2.21. The van der Waals surface area contributed by atoms with E-state index in [1.807, 2.05) is 18.2 Å². The number of para-hydroxylation sites is 1. The summed E-state index contributed by atoms with van der Waals surface area (Å²) in [5.41, 5.74) is 2.25. The van der Waals surface area contributed by atoms with Gasteiger partial charge in [0.2, 0.25) is 0 Å². The van der Waals surface area contributed by atoms with Crippen LogP contribution in [0.4, 0.5) is 23.0 Å². The van der Waals surface area contributed by atoms with Gasteiger partial charge in [0.1, 0.15) is 6.67 Å². The van der Waals surface area contributed by atoms with Crippen LogP contribution in [-0.2, 0) is 0 Å². The van der Waals surface area contributed by atoms with E-state index in [1.54, 1.807) is 12.4 Å². The third-order valence-electron chi connectivity index (χ3n) is 3.64. The highest BCUT2D eigenvalue weighted by Crippen LogP contribution is 2.40. The maximum Gasteiger partial charge on any atom is 0.178 e. The summed E-state index contributed by atoms with van der Waals surface area (Å²) in [5, 5.41) is 0. The Bertz CT molecular complexity index is 807. The SMILES string of the molecule is Ic1cccc(N2CN(c3ccccc3)c3nccnc32)c1. The fraction of sp³-hybridized carbons (Fsp3) is 0.0588. The van der Waals surface area contributed by atoms with Crippen molar-refractivity contribution in [1.29, 1.82) is 0 Å². The van der Waals surface area contributed by atoms with Crippen LogP contribution in [-0.4, -0.2) is 16.6 Å². The number of rotatable bonds is 2. The third kappa shape index (κ3) is 2.31. The van der Waals surface area contributed by atoms with Crippen molar-refractivity contribution in [2.45, 2.75) is 0 Å². The highest BCUT2D eigenvalue weighted by atomic mass is 127. The molecule has 1 aliphatic rings. The van der Waals surface area contributed by atoms with Crippen LogP contribution in [0.3, 0.4) is 0 Å². The lowest BCUT2D eigenvalue weighted by atomic mass is 10.3. The first-order valence-electron chi connectivity index (χ1n) is 6.99. The second-order valence-electron chi connectivity index (χ2n) is 5.02. The standard InChI is InChI=1S/C17H13IN4/c18-13-5-4-8-15(11-13)22-12-21(14-6-2-1-3-7-14)16-17(22)20-10-9-19-16/h1-11H,12H2. The van der Waals surface area contributed by atoms with Crippen molar-refractivity contribution in [2.75, 3.05) is 16.5 Å². The number of halogens is 1. The van der Waals surface area contributed by atoms with Gasteiger partial charge in [-0.2, -0.15) is 0 Å². The number of nitrogens with zero attached hydrogens (tertiary/aromatic N) is 4. The lowest BCUT2D eigenvalue weighted by molar-refractivity contribution is 0.975. The number of hydrogen-bond donors (Lipinski definition) is 0. The molecule has 2 heterocycles. The van der Waals surface area contributed by atoms with Gasteiger partial charge in [-0.3, -0.25) is 0 Å². The Balaban J connectivity index is 1.81. The fourth-order valence-electron chi connectivity index (χ4n) is 2.64. The van der Waals surface area contributed by atoms with Crippen LogP contribution in [0.25, 0.3) is 0 Å². The fourth-order valence-corrected chi connectivity index (χ4v) is 3.17. The number of benzene rings is 2. The Morgan fingerprint density at radius 2 is 1.41 bits per heavy atom. The van der Waals surface area contributed by atoms with Crippen LogP contribution in [0.2, 0.25) is 0 Å². The number of hydrogen-bond acceptors (Lipinski definition) is 4. The molecule has 4 nitrogen and oxygen atoms in total. The quantitative estimate of drug-likeness (QED) is 0.600. The molecule has 0 radical (unpaired) electrons. The predicted octanol–water partition coefficient (Wildman–Crippen LogP) is 4.33. The summed E-state index contributed by atoms with van der Waals surface area (Å²) in [6, 6.07) is 18.7. The van der Waals surface area contributed by atoms with Crippen LogP contribution in [0.1, 0.15) is 0 Å². The summed E-state index contributed by atoms with van der Waals surface area (Å²) in [4.78, 5) is 13.5. The van der Waals surface area contributed by atoms with Crippen molar-refractivity contribution in [3.63, 3.8) is 0 Å². The minimum Gasteiger partial charge on any atom is -0.305 e.